The van der Waals surface area contributed by atoms with Crippen molar-refractivity contribution in [3.05, 3.63) is 59.4 Å². The zero-order valence-corrected chi connectivity index (χ0v) is 17.3. The van der Waals surface area contributed by atoms with Gasteiger partial charge in [-0.3, -0.25) is 4.79 Å². The second kappa shape index (κ2) is 7.31. The molecule has 0 spiro atoms. The first-order valence-corrected chi connectivity index (χ1v) is 10.3. The molecule has 1 aromatic carbocycles. The zero-order chi connectivity index (χ0) is 20.7. The van der Waals surface area contributed by atoms with Gasteiger partial charge in [0.05, 0.1) is 19.2 Å². The fourth-order valence-corrected chi connectivity index (χ4v) is 4.47. The average molecular weight is 417 g/mol. The summed E-state index contributed by atoms with van der Waals surface area (Å²) in [6.07, 6.45) is 5.78. The quantitative estimate of drug-likeness (QED) is 0.387. The molecule has 0 atom stereocenters. The number of methoxy groups -OCH3 is 1. The van der Waals surface area contributed by atoms with E-state index in [1.54, 1.807) is 13.3 Å². The van der Waals surface area contributed by atoms with Crippen LogP contribution in [0.2, 0.25) is 0 Å². The number of H-pyrrole nitrogens is 2. The SMILES string of the molecule is COc1ccc2c(CC(=O)Nc3nc(-c4c[nH]c5ncccc45)c(C)s3)c[nH]c2c1. The van der Waals surface area contributed by atoms with Gasteiger partial charge < -0.3 is 20.0 Å². The molecule has 0 saturated carbocycles. The third-order valence-electron chi connectivity index (χ3n) is 5.07. The molecule has 8 heteroatoms. The summed E-state index contributed by atoms with van der Waals surface area (Å²) in [5.74, 6) is 0.672. The van der Waals surface area contributed by atoms with Gasteiger partial charge in [0.25, 0.3) is 0 Å². The molecule has 1 amide bonds. The second-order valence-corrected chi connectivity index (χ2v) is 8.18. The van der Waals surface area contributed by atoms with E-state index >= 15 is 0 Å². The number of carbonyl (C=O) groups excluding carboxylic acids is 1. The number of pyridine rings is 1. The van der Waals surface area contributed by atoms with Gasteiger partial charge in [0.15, 0.2) is 5.13 Å². The first kappa shape index (κ1) is 18.4. The van der Waals surface area contributed by atoms with Crippen LogP contribution in [-0.2, 0) is 11.2 Å². The Morgan fingerprint density at radius 3 is 2.97 bits per heavy atom. The third kappa shape index (κ3) is 3.21. The number of benzene rings is 1. The van der Waals surface area contributed by atoms with Gasteiger partial charge in [-0.1, -0.05) is 0 Å². The van der Waals surface area contributed by atoms with E-state index in [-0.39, 0.29) is 12.3 Å². The summed E-state index contributed by atoms with van der Waals surface area (Å²) < 4.78 is 5.25. The highest BCUT2D eigenvalue weighted by atomic mass is 32.1. The van der Waals surface area contributed by atoms with Crippen molar-refractivity contribution in [3.63, 3.8) is 0 Å². The molecule has 0 radical (unpaired) electrons. The number of aromatic nitrogens is 4. The molecular weight excluding hydrogens is 398 g/mol. The number of carbonyl (C=O) groups is 1. The van der Waals surface area contributed by atoms with E-state index in [9.17, 15) is 4.79 Å². The predicted octanol–water partition coefficient (Wildman–Crippen LogP) is 4.67. The third-order valence-corrected chi connectivity index (χ3v) is 5.96. The van der Waals surface area contributed by atoms with Gasteiger partial charge in [0.2, 0.25) is 5.91 Å². The van der Waals surface area contributed by atoms with E-state index in [1.807, 2.05) is 49.6 Å². The van der Waals surface area contributed by atoms with Crippen LogP contribution < -0.4 is 10.1 Å². The molecule has 5 aromatic rings. The molecule has 0 unspecified atom stereocenters. The number of aryl methyl sites for hydroxylation is 1. The maximum Gasteiger partial charge on any atom is 0.230 e. The highest BCUT2D eigenvalue weighted by Gasteiger charge is 2.16. The van der Waals surface area contributed by atoms with E-state index in [0.717, 1.165) is 49.4 Å². The van der Waals surface area contributed by atoms with Crippen LogP contribution in [0.25, 0.3) is 33.2 Å². The number of ether oxygens (including phenoxy) is 1. The molecular formula is C22H19N5O2S. The molecule has 7 nitrogen and oxygen atoms in total. The van der Waals surface area contributed by atoms with Crippen molar-refractivity contribution in [1.82, 2.24) is 19.9 Å². The molecule has 150 valence electrons. The summed E-state index contributed by atoms with van der Waals surface area (Å²) in [4.78, 5) is 29.1. The summed E-state index contributed by atoms with van der Waals surface area (Å²) in [7, 11) is 1.63. The van der Waals surface area contributed by atoms with Gasteiger partial charge in [-0.15, -0.1) is 11.3 Å². The fourth-order valence-electron chi connectivity index (χ4n) is 3.63. The molecule has 0 aliphatic carbocycles. The van der Waals surface area contributed by atoms with Gasteiger partial charge in [-0.25, -0.2) is 9.97 Å². The summed E-state index contributed by atoms with van der Waals surface area (Å²) in [6.45, 7) is 2.00. The summed E-state index contributed by atoms with van der Waals surface area (Å²) in [6, 6.07) is 9.69. The van der Waals surface area contributed by atoms with Crippen molar-refractivity contribution in [3.8, 4) is 17.0 Å². The van der Waals surface area contributed by atoms with Crippen molar-refractivity contribution >= 4 is 44.3 Å². The Balaban J connectivity index is 1.36. The summed E-state index contributed by atoms with van der Waals surface area (Å²) in [5.41, 5.74) is 4.53. The monoisotopic (exact) mass is 417 g/mol. The zero-order valence-electron chi connectivity index (χ0n) is 16.4. The highest BCUT2D eigenvalue weighted by Crippen LogP contribution is 2.34. The molecule has 4 aromatic heterocycles. The van der Waals surface area contributed by atoms with Crippen molar-refractivity contribution in [1.29, 1.82) is 0 Å². The molecule has 30 heavy (non-hydrogen) atoms. The van der Waals surface area contributed by atoms with Crippen molar-refractivity contribution in [2.75, 3.05) is 12.4 Å². The van der Waals surface area contributed by atoms with Crippen LogP contribution in [0.4, 0.5) is 5.13 Å². The van der Waals surface area contributed by atoms with Crippen LogP contribution in [0.15, 0.2) is 48.9 Å². The van der Waals surface area contributed by atoms with E-state index < -0.39 is 0 Å². The minimum Gasteiger partial charge on any atom is -0.497 e. The van der Waals surface area contributed by atoms with E-state index in [4.69, 9.17) is 4.74 Å². The lowest BCUT2D eigenvalue weighted by molar-refractivity contribution is -0.115. The second-order valence-electron chi connectivity index (χ2n) is 6.98. The minimum absolute atomic E-state index is 0.104. The highest BCUT2D eigenvalue weighted by molar-refractivity contribution is 7.16. The molecule has 0 fully saturated rings. The Hall–Kier alpha value is -3.65. The predicted molar refractivity (Wildman–Crippen MR) is 119 cm³/mol. The number of thiazole rings is 1. The Labute approximate surface area is 176 Å². The largest absolute Gasteiger partial charge is 0.497 e. The lowest BCUT2D eigenvalue weighted by Crippen LogP contribution is -2.14. The average Bonchev–Trinajstić information content (AvgIpc) is 3.44. The van der Waals surface area contributed by atoms with Crippen LogP contribution >= 0.6 is 11.3 Å². The molecule has 0 aliphatic rings. The topological polar surface area (TPSA) is 95.7 Å². The molecule has 3 N–H and O–H groups in total. The molecule has 0 saturated heterocycles. The van der Waals surface area contributed by atoms with E-state index in [1.165, 1.54) is 11.3 Å². The van der Waals surface area contributed by atoms with Crippen molar-refractivity contribution in [2.45, 2.75) is 13.3 Å². The number of aromatic amines is 2. The van der Waals surface area contributed by atoms with E-state index in [2.05, 4.69) is 25.3 Å². The standard InChI is InChI=1S/C22H19N5O2S/c1-12-20(17-11-25-21-16(17)4-3-7-23-21)27-22(30-12)26-19(28)8-13-10-24-18-9-14(29-2)5-6-15(13)18/h3-7,9-11,24H,8H2,1-2H3,(H,23,25)(H,26,27,28). The summed E-state index contributed by atoms with van der Waals surface area (Å²) in [5, 5.41) is 5.55. The molecule has 4 heterocycles. The first-order chi connectivity index (χ1) is 14.6. The number of hydrogen-bond acceptors (Lipinski definition) is 5. The van der Waals surface area contributed by atoms with Crippen LogP contribution in [0, 0.1) is 6.92 Å². The first-order valence-electron chi connectivity index (χ1n) is 9.46. The number of nitrogens with zero attached hydrogens (tertiary/aromatic N) is 2. The maximum atomic E-state index is 12.7. The lowest BCUT2D eigenvalue weighted by Gasteiger charge is -2.02. The van der Waals surface area contributed by atoms with Gasteiger partial charge in [0.1, 0.15) is 11.4 Å². The van der Waals surface area contributed by atoms with Gasteiger partial charge in [-0.05, 0) is 36.8 Å². The molecule has 0 bridgehead atoms. The fraction of sp³-hybridized carbons (Fsp3) is 0.136. The minimum atomic E-state index is -0.104. The Morgan fingerprint density at radius 2 is 2.10 bits per heavy atom. The molecule has 0 aliphatic heterocycles. The Kier molecular flexibility index (Phi) is 4.48. The van der Waals surface area contributed by atoms with Crippen molar-refractivity contribution in [2.24, 2.45) is 0 Å². The van der Waals surface area contributed by atoms with Gasteiger partial charge >= 0.3 is 0 Å². The maximum absolute atomic E-state index is 12.7. The number of anilines is 1. The number of hydrogen-bond donors (Lipinski definition) is 3. The lowest BCUT2D eigenvalue weighted by atomic mass is 10.1. The molecule has 5 rings (SSSR count). The number of fused-ring (bicyclic) bond motifs is 2. The smallest absolute Gasteiger partial charge is 0.230 e. The summed E-state index contributed by atoms with van der Waals surface area (Å²) >= 11 is 1.47. The number of rotatable bonds is 5. The number of nitrogens with one attached hydrogen (secondary N) is 3. The van der Waals surface area contributed by atoms with E-state index in [0.29, 0.717) is 5.13 Å². The number of amides is 1. The Morgan fingerprint density at radius 1 is 1.20 bits per heavy atom. The Bertz CT molecular complexity index is 1380. The van der Waals surface area contributed by atoms with Gasteiger partial charge in [-0.2, -0.15) is 0 Å². The van der Waals surface area contributed by atoms with Crippen LogP contribution in [0.3, 0.4) is 0 Å². The van der Waals surface area contributed by atoms with Crippen molar-refractivity contribution < 1.29 is 9.53 Å². The van der Waals surface area contributed by atoms with Crippen LogP contribution in [0.1, 0.15) is 10.4 Å². The van der Waals surface area contributed by atoms with Gasteiger partial charge in [0, 0.05) is 51.4 Å². The normalized spacial score (nSPS) is 11.3. The van der Waals surface area contributed by atoms with Crippen LogP contribution in [-0.4, -0.2) is 33.0 Å². The van der Waals surface area contributed by atoms with Crippen LogP contribution in [0.5, 0.6) is 5.75 Å².